The van der Waals surface area contributed by atoms with Gasteiger partial charge in [0.1, 0.15) is 42.4 Å². The van der Waals surface area contributed by atoms with Gasteiger partial charge in [-0.25, -0.2) is 0 Å². The first-order chi connectivity index (χ1) is 19.0. The van der Waals surface area contributed by atoms with Crippen LogP contribution in [0.3, 0.4) is 0 Å². The molecular formula is C29H38O11. The lowest BCUT2D eigenvalue weighted by molar-refractivity contribution is -0.299. The fraction of sp³-hybridized carbons (Fsp3) is 0.655. The number of benzene rings is 1. The largest absolute Gasteiger partial charge is 0.508 e. The van der Waals surface area contributed by atoms with Crippen molar-refractivity contribution >= 4 is 11.9 Å². The van der Waals surface area contributed by atoms with Gasteiger partial charge in [-0.2, -0.15) is 0 Å². The highest BCUT2D eigenvalue weighted by Crippen LogP contribution is 2.57. The maximum absolute atomic E-state index is 13.0. The Kier molecular flexibility index (Phi) is 8.24. The van der Waals surface area contributed by atoms with Gasteiger partial charge in [-0.3, -0.25) is 9.59 Å². The first-order valence-electron chi connectivity index (χ1n) is 13.8. The zero-order chi connectivity index (χ0) is 28.8. The number of aromatic hydroxyl groups is 1. The lowest BCUT2D eigenvalue weighted by atomic mass is 9.54. The highest BCUT2D eigenvalue weighted by atomic mass is 16.7. The number of ether oxygens (including phenoxy) is 4. The summed E-state index contributed by atoms with van der Waals surface area (Å²) in [7, 11) is 0. The van der Waals surface area contributed by atoms with Gasteiger partial charge < -0.3 is 44.5 Å². The molecule has 2 saturated heterocycles. The molecule has 11 heteroatoms. The second-order valence-electron chi connectivity index (χ2n) is 11.7. The zero-order valence-electron chi connectivity index (χ0n) is 22.6. The van der Waals surface area contributed by atoms with Crippen molar-refractivity contribution in [3.8, 4) is 5.75 Å². The third-order valence-electron chi connectivity index (χ3n) is 9.29. The number of hydrogen-bond acceptors (Lipinski definition) is 11. The minimum absolute atomic E-state index is 0.00678. The highest BCUT2D eigenvalue weighted by Gasteiger charge is 2.60. The van der Waals surface area contributed by atoms with E-state index < -0.39 is 60.9 Å². The van der Waals surface area contributed by atoms with E-state index in [-0.39, 0.29) is 42.5 Å². The molecule has 220 valence electrons. The Morgan fingerprint density at radius 1 is 1.12 bits per heavy atom. The smallest absolute Gasteiger partial charge is 0.310 e. The Bertz CT molecular complexity index is 1120. The van der Waals surface area contributed by atoms with E-state index in [1.54, 1.807) is 12.1 Å². The summed E-state index contributed by atoms with van der Waals surface area (Å²) in [4.78, 5) is 25.5. The Balaban J connectivity index is 1.36. The first-order valence-corrected chi connectivity index (χ1v) is 13.8. The SMILES string of the molecule is CC1C(=O)OC2C1CCC1(C)C(OC(=O)Cc3ccc(O)cc3)CC=C(COC3OC(CO)C(O)C(O)C3O)C21. The number of hydrogen-bond donors (Lipinski definition) is 5. The molecule has 0 aromatic heterocycles. The molecule has 3 fully saturated rings. The molecule has 11 nitrogen and oxygen atoms in total. The van der Waals surface area contributed by atoms with E-state index in [1.165, 1.54) is 12.1 Å². The molecule has 40 heavy (non-hydrogen) atoms. The Labute approximate surface area is 232 Å². The van der Waals surface area contributed by atoms with Gasteiger partial charge in [0, 0.05) is 23.7 Å². The van der Waals surface area contributed by atoms with Gasteiger partial charge in [0.25, 0.3) is 0 Å². The number of carbonyl (C=O) groups excluding carboxylic acids is 2. The molecule has 4 aliphatic rings. The molecule has 0 bridgehead atoms. The van der Waals surface area contributed by atoms with E-state index in [2.05, 4.69) is 0 Å². The quantitative estimate of drug-likeness (QED) is 0.233. The van der Waals surface area contributed by atoms with E-state index in [0.29, 0.717) is 18.4 Å². The molecule has 11 atom stereocenters. The molecule has 0 radical (unpaired) electrons. The molecule has 1 saturated carbocycles. The van der Waals surface area contributed by atoms with Crippen LogP contribution in [-0.2, 0) is 35.0 Å². The Morgan fingerprint density at radius 3 is 2.55 bits per heavy atom. The number of rotatable bonds is 7. The monoisotopic (exact) mass is 562 g/mol. The molecular weight excluding hydrogens is 524 g/mol. The molecule has 5 N–H and O–H groups in total. The number of esters is 2. The lowest BCUT2D eigenvalue weighted by Crippen LogP contribution is -2.59. The third kappa shape index (κ3) is 5.26. The molecule has 2 heterocycles. The molecule has 1 aromatic carbocycles. The topological polar surface area (TPSA) is 172 Å². The first kappa shape index (κ1) is 29.0. The highest BCUT2D eigenvalue weighted by molar-refractivity contribution is 5.75. The number of phenolic OH excluding ortho intramolecular Hbond substituents is 1. The van der Waals surface area contributed by atoms with Gasteiger partial charge in [-0.1, -0.05) is 32.1 Å². The summed E-state index contributed by atoms with van der Waals surface area (Å²) >= 11 is 0. The zero-order valence-corrected chi connectivity index (χ0v) is 22.6. The van der Waals surface area contributed by atoms with Crippen LogP contribution in [0.4, 0.5) is 0 Å². The fourth-order valence-electron chi connectivity index (χ4n) is 6.87. The van der Waals surface area contributed by atoms with Crippen LogP contribution in [0, 0.1) is 23.2 Å². The molecule has 0 amide bonds. The predicted molar refractivity (Wildman–Crippen MR) is 137 cm³/mol. The summed E-state index contributed by atoms with van der Waals surface area (Å²) in [5.41, 5.74) is 0.951. The number of carbonyl (C=O) groups is 2. The maximum atomic E-state index is 13.0. The average molecular weight is 563 g/mol. The van der Waals surface area contributed by atoms with Crippen molar-refractivity contribution in [2.24, 2.45) is 23.2 Å². The van der Waals surface area contributed by atoms with E-state index in [4.69, 9.17) is 18.9 Å². The number of fused-ring (bicyclic) bond motifs is 3. The van der Waals surface area contributed by atoms with Gasteiger partial charge in [-0.05, 0) is 36.1 Å². The van der Waals surface area contributed by atoms with Gasteiger partial charge in [0.15, 0.2) is 6.29 Å². The number of aliphatic hydroxyl groups excluding tert-OH is 4. The molecule has 11 unspecified atom stereocenters. The summed E-state index contributed by atoms with van der Waals surface area (Å²) in [5.74, 6) is -1.15. The van der Waals surface area contributed by atoms with Crippen LogP contribution in [-0.4, -0.2) is 93.6 Å². The van der Waals surface area contributed by atoms with E-state index in [1.807, 2.05) is 19.9 Å². The van der Waals surface area contributed by atoms with Gasteiger partial charge in [-0.15, -0.1) is 0 Å². The summed E-state index contributed by atoms with van der Waals surface area (Å²) in [6.45, 7) is 3.31. The van der Waals surface area contributed by atoms with Crippen LogP contribution >= 0.6 is 0 Å². The van der Waals surface area contributed by atoms with Crippen LogP contribution in [0.15, 0.2) is 35.9 Å². The van der Waals surface area contributed by atoms with Crippen molar-refractivity contribution < 1.29 is 54.1 Å². The predicted octanol–water partition coefficient (Wildman–Crippen LogP) is 0.587. The Hall–Kier alpha value is -2.54. The minimum Gasteiger partial charge on any atom is -0.508 e. The number of phenols is 1. The molecule has 5 rings (SSSR count). The van der Waals surface area contributed by atoms with Crippen molar-refractivity contribution in [3.63, 3.8) is 0 Å². The van der Waals surface area contributed by atoms with Gasteiger partial charge in [0.2, 0.25) is 0 Å². The van der Waals surface area contributed by atoms with Crippen LogP contribution in [0.5, 0.6) is 5.75 Å². The van der Waals surface area contributed by atoms with Crippen LogP contribution in [0.1, 0.15) is 38.7 Å². The molecule has 1 aromatic rings. The second-order valence-corrected chi connectivity index (χ2v) is 11.7. The van der Waals surface area contributed by atoms with Crippen molar-refractivity contribution in [3.05, 3.63) is 41.5 Å². The maximum Gasteiger partial charge on any atom is 0.310 e. The van der Waals surface area contributed by atoms with Crippen molar-refractivity contribution in [1.82, 2.24) is 0 Å². The van der Waals surface area contributed by atoms with Crippen LogP contribution in [0.25, 0.3) is 0 Å². The summed E-state index contributed by atoms with van der Waals surface area (Å²) in [6, 6.07) is 6.37. The van der Waals surface area contributed by atoms with E-state index in [0.717, 1.165) is 12.0 Å². The van der Waals surface area contributed by atoms with Crippen molar-refractivity contribution in [2.75, 3.05) is 13.2 Å². The minimum atomic E-state index is -1.56. The van der Waals surface area contributed by atoms with E-state index >= 15 is 0 Å². The Morgan fingerprint density at radius 2 is 1.85 bits per heavy atom. The summed E-state index contributed by atoms with van der Waals surface area (Å²) in [5, 5.41) is 49.7. The standard InChI is InChI=1S/C29H38O11/c1-14-18-9-10-29(2)20(39-21(32)11-15-3-6-17(31)7-4-15)8-5-16(22(29)26(18)40-27(14)36)13-37-28-25(35)24(34)23(33)19(12-30)38-28/h3-7,14,18-20,22-26,28,30-31,33-35H,8-13H2,1-2H3. The van der Waals surface area contributed by atoms with Gasteiger partial charge in [0.05, 0.1) is 25.6 Å². The van der Waals surface area contributed by atoms with Crippen LogP contribution in [0.2, 0.25) is 0 Å². The molecule has 0 spiro atoms. The van der Waals surface area contributed by atoms with Gasteiger partial charge >= 0.3 is 11.9 Å². The number of aliphatic hydroxyl groups is 4. The molecule has 2 aliphatic carbocycles. The van der Waals surface area contributed by atoms with Crippen LogP contribution < -0.4 is 0 Å². The van der Waals surface area contributed by atoms with E-state index in [9.17, 15) is 35.1 Å². The summed E-state index contributed by atoms with van der Waals surface area (Å²) < 4.78 is 23.3. The molecule has 2 aliphatic heterocycles. The average Bonchev–Trinajstić information content (AvgIpc) is 3.22. The fourth-order valence-corrected chi connectivity index (χ4v) is 6.87. The normalized spacial score (nSPS) is 41.0. The third-order valence-corrected chi connectivity index (χ3v) is 9.29. The summed E-state index contributed by atoms with van der Waals surface area (Å²) in [6.07, 6.45) is -4.12. The van der Waals surface area contributed by atoms with Crippen molar-refractivity contribution in [2.45, 2.75) is 82.4 Å². The second kappa shape index (κ2) is 11.4. The van der Waals surface area contributed by atoms with Crippen molar-refractivity contribution in [1.29, 1.82) is 0 Å². The lowest BCUT2D eigenvalue weighted by Gasteiger charge is -2.53.